The van der Waals surface area contributed by atoms with Crippen LogP contribution in [0, 0.1) is 5.92 Å². The van der Waals surface area contributed by atoms with Gasteiger partial charge in [0, 0.05) is 23.7 Å². The number of hydrogen-bond acceptors (Lipinski definition) is 5. The van der Waals surface area contributed by atoms with Gasteiger partial charge in [-0.1, -0.05) is 38.3 Å². The van der Waals surface area contributed by atoms with Gasteiger partial charge in [0.25, 0.3) is 0 Å². The largest absolute Gasteiger partial charge is 0.487 e. The summed E-state index contributed by atoms with van der Waals surface area (Å²) in [5.74, 6) is 0.958. The van der Waals surface area contributed by atoms with Crippen LogP contribution in [0.4, 0.5) is 5.69 Å². The van der Waals surface area contributed by atoms with Gasteiger partial charge in [-0.3, -0.25) is 9.78 Å². The van der Waals surface area contributed by atoms with Crippen molar-refractivity contribution in [3.05, 3.63) is 59.9 Å². The molecule has 5 heteroatoms. The number of unbranched alkanes of at least 4 members (excludes halogenated alkanes) is 2. The van der Waals surface area contributed by atoms with Gasteiger partial charge in [-0.2, -0.15) is 0 Å². The van der Waals surface area contributed by atoms with Crippen molar-refractivity contribution in [3.63, 3.8) is 0 Å². The van der Waals surface area contributed by atoms with Crippen molar-refractivity contribution >= 4 is 22.5 Å². The number of fused-ring (bicyclic) bond motifs is 2. The van der Waals surface area contributed by atoms with E-state index in [1.54, 1.807) is 6.20 Å². The second kappa shape index (κ2) is 8.38. The van der Waals surface area contributed by atoms with E-state index in [2.05, 4.69) is 22.2 Å². The number of benzene rings is 2. The fourth-order valence-corrected chi connectivity index (χ4v) is 3.61. The van der Waals surface area contributed by atoms with E-state index in [0.29, 0.717) is 12.4 Å². The molecule has 0 aliphatic carbocycles. The summed E-state index contributed by atoms with van der Waals surface area (Å²) in [7, 11) is 0. The number of Topliss-reactive ketones (excluding diaryl/α,β-unsaturated/α-hetero) is 1. The highest BCUT2D eigenvalue weighted by atomic mass is 16.5. The molecule has 2 heterocycles. The van der Waals surface area contributed by atoms with Crippen LogP contribution in [0.2, 0.25) is 0 Å². The Hall–Kier alpha value is -2.95. The molecule has 1 atom stereocenters. The lowest BCUT2D eigenvalue weighted by molar-refractivity contribution is 0.0913. The first-order valence-electron chi connectivity index (χ1n) is 10.00. The van der Waals surface area contributed by atoms with Crippen LogP contribution in [-0.2, 0) is 6.61 Å². The highest BCUT2D eigenvalue weighted by Gasteiger charge is 2.27. The molecule has 0 amide bonds. The van der Waals surface area contributed by atoms with Gasteiger partial charge in [-0.05, 0) is 36.8 Å². The van der Waals surface area contributed by atoms with Gasteiger partial charge in [0.05, 0.1) is 22.9 Å². The van der Waals surface area contributed by atoms with Gasteiger partial charge in [0.1, 0.15) is 12.4 Å². The normalized spacial score (nSPS) is 15.9. The van der Waals surface area contributed by atoms with E-state index < -0.39 is 0 Å². The molecule has 1 aromatic heterocycles. The molecule has 0 saturated carbocycles. The zero-order valence-corrected chi connectivity index (χ0v) is 16.1. The molecule has 5 nitrogen and oxygen atoms in total. The predicted molar refractivity (Wildman–Crippen MR) is 111 cm³/mol. The average molecular weight is 375 g/mol. The third-order valence-corrected chi connectivity index (χ3v) is 5.21. The van der Waals surface area contributed by atoms with Gasteiger partial charge in [0.15, 0.2) is 5.78 Å². The number of carbonyl (C=O) groups excluding carboxylic acids is 1. The van der Waals surface area contributed by atoms with Crippen molar-refractivity contribution in [3.8, 4) is 5.75 Å². The van der Waals surface area contributed by atoms with Crippen LogP contribution in [0.3, 0.4) is 0 Å². The Morgan fingerprint density at radius 3 is 2.86 bits per heavy atom. The molecule has 1 unspecified atom stereocenters. The number of hydrogen-bond donors (Lipinski definition) is 1. The Morgan fingerprint density at radius 2 is 2.00 bits per heavy atom. The van der Waals surface area contributed by atoms with Crippen molar-refractivity contribution in [1.29, 1.82) is 0 Å². The van der Waals surface area contributed by atoms with Crippen molar-refractivity contribution < 1.29 is 9.53 Å². The van der Waals surface area contributed by atoms with Crippen LogP contribution in [0.15, 0.2) is 48.7 Å². The zero-order chi connectivity index (χ0) is 19.3. The maximum absolute atomic E-state index is 12.9. The van der Waals surface area contributed by atoms with Crippen LogP contribution < -0.4 is 10.1 Å². The molecule has 0 bridgehead atoms. The van der Waals surface area contributed by atoms with E-state index in [1.807, 2.05) is 42.5 Å². The summed E-state index contributed by atoms with van der Waals surface area (Å²) in [4.78, 5) is 21.9. The quantitative estimate of drug-likeness (QED) is 0.588. The summed E-state index contributed by atoms with van der Waals surface area (Å²) in [6.45, 7) is 3.22. The molecule has 0 fully saturated rings. The molecule has 1 aliphatic heterocycles. The first-order chi connectivity index (χ1) is 13.7. The summed E-state index contributed by atoms with van der Waals surface area (Å²) < 4.78 is 5.91. The van der Waals surface area contributed by atoms with E-state index in [9.17, 15) is 4.79 Å². The van der Waals surface area contributed by atoms with E-state index in [-0.39, 0.29) is 11.7 Å². The van der Waals surface area contributed by atoms with Gasteiger partial charge in [-0.15, -0.1) is 0 Å². The minimum Gasteiger partial charge on any atom is -0.487 e. The lowest BCUT2D eigenvalue weighted by Crippen LogP contribution is -2.29. The second-order valence-electron chi connectivity index (χ2n) is 7.28. The highest BCUT2D eigenvalue weighted by molar-refractivity contribution is 6.04. The van der Waals surface area contributed by atoms with Crippen LogP contribution >= 0.6 is 0 Å². The molecule has 28 heavy (non-hydrogen) atoms. The van der Waals surface area contributed by atoms with Crippen molar-refractivity contribution in [2.75, 3.05) is 11.9 Å². The fraction of sp³-hybridized carbons (Fsp3) is 0.348. The number of ketones is 1. The molecule has 1 N–H and O–H groups in total. The molecular formula is C23H25N3O2. The number of para-hydroxylation sites is 2. The summed E-state index contributed by atoms with van der Waals surface area (Å²) in [5, 5.41) is 3.39. The highest BCUT2D eigenvalue weighted by Crippen LogP contribution is 2.30. The molecule has 3 aromatic rings. The van der Waals surface area contributed by atoms with Crippen molar-refractivity contribution in [2.45, 2.75) is 39.2 Å². The minimum atomic E-state index is 0.0562. The number of carbonyl (C=O) groups is 1. The first-order valence-corrected chi connectivity index (χ1v) is 10.00. The van der Waals surface area contributed by atoms with Crippen molar-refractivity contribution in [1.82, 2.24) is 9.97 Å². The number of anilines is 1. The van der Waals surface area contributed by atoms with E-state index in [0.717, 1.165) is 47.4 Å². The average Bonchev–Trinajstić information content (AvgIpc) is 2.74. The number of rotatable bonds is 7. The van der Waals surface area contributed by atoms with Crippen LogP contribution in [0.5, 0.6) is 5.75 Å². The Morgan fingerprint density at radius 1 is 1.14 bits per heavy atom. The molecule has 144 valence electrons. The molecule has 0 spiro atoms. The molecule has 0 radical (unpaired) electrons. The smallest absolute Gasteiger partial charge is 0.169 e. The number of nitrogens with one attached hydrogen (secondary N) is 1. The second-order valence-corrected chi connectivity index (χ2v) is 7.28. The molecule has 0 saturated heterocycles. The Kier molecular flexibility index (Phi) is 5.51. The molecular weight excluding hydrogens is 350 g/mol. The SMILES string of the molecule is CCCCCC1CNc2ccc(OCc3cnc4ccccc4n3)cc2C1=O. The lowest BCUT2D eigenvalue weighted by Gasteiger charge is -2.25. The van der Waals surface area contributed by atoms with Gasteiger partial charge >= 0.3 is 0 Å². The summed E-state index contributed by atoms with van der Waals surface area (Å²) in [6, 6.07) is 13.4. The Labute approximate surface area is 165 Å². The Balaban J connectivity index is 1.45. The third-order valence-electron chi connectivity index (χ3n) is 5.21. The molecule has 1 aliphatic rings. The topological polar surface area (TPSA) is 64.1 Å². The molecule has 4 rings (SSSR count). The van der Waals surface area contributed by atoms with Crippen molar-refractivity contribution in [2.24, 2.45) is 5.92 Å². The number of ether oxygens (including phenoxy) is 1. The van der Waals surface area contributed by atoms with Gasteiger partial charge in [-0.25, -0.2) is 4.98 Å². The lowest BCUT2D eigenvalue weighted by atomic mass is 9.88. The first kappa shape index (κ1) is 18.4. The van der Waals surface area contributed by atoms with E-state index >= 15 is 0 Å². The number of aromatic nitrogens is 2. The summed E-state index contributed by atoms with van der Waals surface area (Å²) in [6.07, 6.45) is 6.11. The van der Waals surface area contributed by atoms with Gasteiger partial charge in [0.2, 0.25) is 0 Å². The predicted octanol–water partition coefficient (Wildman–Crippen LogP) is 5.01. The summed E-state index contributed by atoms with van der Waals surface area (Å²) >= 11 is 0. The molecule has 2 aromatic carbocycles. The maximum atomic E-state index is 12.9. The van der Waals surface area contributed by atoms with Crippen LogP contribution in [0.1, 0.15) is 48.7 Å². The van der Waals surface area contributed by atoms with E-state index in [4.69, 9.17) is 4.74 Å². The number of nitrogens with zero attached hydrogens (tertiary/aromatic N) is 2. The standard InChI is InChI=1S/C23H25N3O2/c1-2-3-4-7-16-13-24-20-11-10-18(12-19(20)23(16)27)28-15-17-14-25-21-8-5-6-9-22(21)26-17/h5-6,8-12,14,16,24H,2-4,7,13,15H2,1H3. The van der Waals surface area contributed by atoms with Crippen LogP contribution in [0.25, 0.3) is 11.0 Å². The van der Waals surface area contributed by atoms with E-state index in [1.165, 1.54) is 12.8 Å². The minimum absolute atomic E-state index is 0.0562. The third kappa shape index (κ3) is 3.98. The maximum Gasteiger partial charge on any atom is 0.169 e. The van der Waals surface area contributed by atoms with Gasteiger partial charge < -0.3 is 10.1 Å². The Bertz CT molecular complexity index is 986. The summed E-state index contributed by atoms with van der Waals surface area (Å²) in [5.41, 5.74) is 4.11. The zero-order valence-electron chi connectivity index (χ0n) is 16.1. The van der Waals surface area contributed by atoms with Crippen LogP contribution in [-0.4, -0.2) is 22.3 Å². The fourth-order valence-electron chi connectivity index (χ4n) is 3.61. The monoisotopic (exact) mass is 375 g/mol.